The average molecular weight is 314 g/mol. The van der Waals surface area contributed by atoms with E-state index in [1.54, 1.807) is 29.1 Å². The largest absolute Gasteiger partial charge is 0.382 e. The van der Waals surface area contributed by atoms with E-state index >= 15 is 0 Å². The van der Waals surface area contributed by atoms with Gasteiger partial charge in [0.25, 0.3) is 0 Å². The molecule has 4 nitrogen and oxygen atoms in total. The van der Waals surface area contributed by atoms with Crippen LogP contribution in [0.15, 0.2) is 30.5 Å². The van der Waals surface area contributed by atoms with Gasteiger partial charge in [0.2, 0.25) is 0 Å². The van der Waals surface area contributed by atoms with Crippen molar-refractivity contribution in [2.24, 2.45) is 0 Å². The third-order valence-electron chi connectivity index (χ3n) is 3.02. The minimum absolute atomic E-state index is 0.455. The van der Waals surface area contributed by atoms with Gasteiger partial charge in [-0.15, -0.1) is 0 Å². The first-order valence-corrected chi connectivity index (χ1v) is 7.04. The van der Waals surface area contributed by atoms with E-state index in [-0.39, 0.29) is 0 Å². The fourth-order valence-electron chi connectivity index (χ4n) is 1.95. The second kappa shape index (κ2) is 6.59. The number of likely N-dealkylation sites (N-methyl/N-ethyl adjacent to an activating group) is 1. The molecule has 0 aliphatic carbocycles. The molecule has 0 saturated carbocycles. The molecule has 1 atom stereocenters. The molecule has 0 aliphatic rings. The summed E-state index contributed by atoms with van der Waals surface area (Å²) >= 11 is 12.1. The maximum Gasteiger partial charge on any atom is 0.122 e. The van der Waals surface area contributed by atoms with E-state index in [2.05, 4.69) is 5.10 Å². The second-order valence-corrected chi connectivity index (χ2v) is 5.71. The van der Waals surface area contributed by atoms with Gasteiger partial charge in [-0.3, -0.25) is 4.68 Å². The topological polar surface area (TPSA) is 41.3 Å². The number of rotatable bonds is 5. The summed E-state index contributed by atoms with van der Waals surface area (Å²) in [5, 5.41) is 15.8. The minimum atomic E-state index is -0.842. The van der Waals surface area contributed by atoms with Crippen LogP contribution in [0.25, 0.3) is 0 Å². The lowest BCUT2D eigenvalue weighted by molar-refractivity contribution is 0.205. The lowest BCUT2D eigenvalue weighted by atomic mass is 10.1. The molecule has 0 amide bonds. The zero-order valence-corrected chi connectivity index (χ0v) is 12.9. The SMILES string of the molecule is CN(C)CCn1ncc(Cl)c1C(O)c1cccc(Cl)c1. The van der Waals surface area contributed by atoms with Crippen LogP contribution in [0.4, 0.5) is 0 Å². The van der Waals surface area contributed by atoms with Gasteiger partial charge in [-0.1, -0.05) is 35.3 Å². The monoisotopic (exact) mass is 313 g/mol. The van der Waals surface area contributed by atoms with Crippen LogP contribution in [0.2, 0.25) is 10.0 Å². The highest BCUT2D eigenvalue weighted by atomic mass is 35.5. The summed E-state index contributed by atoms with van der Waals surface area (Å²) in [6.45, 7) is 1.47. The van der Waals surface area contributed by atoms with Crippen molar-refractivity contribution in [1.82, 2.24) is 14.7 Å². The van der Waals surface area contributed by atoms with Gasteiger partial charge in [-0.2, -0.15) is 5.10 Å². The molecule has 0 radical (unpaired) electrons. The van der Waals surface area contributed by atoms with Crippen molar-refractivity contribution >= 4 is 23.2 Å². The lowest BCUT2D eigenvalue weighted by Crippen LogP contribution is -2.21. The predicted molar refractivity (Wildman–Crippen MR) is 81.3 cm³/mol. The van der Waals surface area contributed by atoms with E-state index in [9.17, 15) is 5.11 Å². The van der Waals surface area contributed by atoms with Crippen LogP contribution in [0, 0.1) is 0 Å². The predicted octanol–water partition coefficient (Wildman–Crippen LogP) is 2.83. The standard InChI is InChI=1S/C14H17Cl2N3O/c1-18(2)6-7-19-13(12(16)9-17-19)14(20)10-4-3-5-11(15)8-10/h3-5,8-9,14,20H,6-7H2,1-2H3. The van der Waals surface area contributed by atoms with E-state index in [1.165, 1.54) is 0 Å². The van der Waals surface area contributed by atoms with Crippen LogP contribution < -0.4 is 0 Å². The molecule has 0 saturated heterocycles. The molecule has 1 N–H and O–H groups in total. The third-order valence-corrected chi connectivity index (χ3v) is 3.54. The highest BCUT2D eigenvalue weighted by molar-refractivity contribution is 6.31. The number of nitrogens with zero attached hydrogens (tertiary/aromatic N) is 3. The Morgan fingerprint density at radius 2 is 2.10 bits per heavy atom. The van der Waals surface area contributed by atoms with Crippen molar-refractivity contribution in [2.75, 3.05) is 20.6 Å². The molecule has 1 aromatic carbocycles. The number of halogens is 2. The fourth-order valence-corrected chi connectivity index (χ4v) is 2.39. The van der Waals surface area contributed by atoms with Gasteiger partial charge in [-0.05, 0) is 31.8 Å². The van der Waals surface area contributed by atoms with E-state index in [1.807, 2.05) is 25.1 Å². The summed E-state index contributed by atoms with van der Waals surface area (Å²) < 4.78 is 1.73. The van der Waals surface area contributed by atoms with E-state index in [0.29, 0.717) is 27.8 Å². The van der Waals surface area contributed by atoms with Crippen LogP contribution in [0.5, 0.6) is 0 Å². The normalized spacial score (nSPS) is 12.9. The van der Waals surface area contributed by atoms with Crippen LogP contribution in [0.3, 0.4) is 0 Å². The molecule has 20 heavy (non-hydrogen) atoms. The molecule has 0 spiro atoms. The van der Waals surface area contributed by atoms with Crippen LogP contribution in [-0.4, -0.2) is 40.4 Å². The summed E-state index contributed by atoms with van der Waals surface area (Å²) in [6, 6.07) is 7.11. The van der Waals surface area contributed by atoms with Gasteiger partial charge in [0.1, 0.15) is 6.10 Å². The Morgan fingerprint density at radius 3 is 2.75 bits per heavy atom. The fraction of sp³-hybridized carbons (Fsp3) is 0.357. The molecule has 0 fully saturated rings. The number of aromatic nitrogens is 2. The Bertz CT molecular complexity index is 584. The second-order valence-electron chi connectivity index (χ2n) is 4.86. The maximum atomic E-state index is 10.5. The van der Waals surface area contributed by atoms with Crippen molar-refractivity contribution < 1.29 is 5.11 Å². The van der Waals surface area contributed by atoms with E-state index in [0.717, 1.165) is 6.54 Å². The van der Waals surface area contributed by atoms with Crippen molar-refractivity contribution in [3.63, 3.8) is 0 Å². The summed E-state index contributed by atoms with van der Waals surface area (Å²) in [6.07, 6.45) is 0.714. The van der Waals surface area contributed by atoms with Gasteiger partial charge >= 0.3 is 0 Å². The average Bonchev–Trinajstić information content (AvgIpc) is 2.76. The summed E-state index contributed by atoms with van der Waals surface area (Å²) in [4.78, 5) is 2.05. The highest BCUT2D eigenvalue weighted by Crippen LogP contribution is 2.29. The van der Waals surface area contributed by atoms with Crippen molar-refractivity contribution in [3.05, 3.63) is 51.8 Å². The highest BCUT2D eigenvalue weighted by Gasteiger charge is 2.20. The van der Waals surface area contributed by atoms with Crippen LogP contribution in [0.1, 0.15) is 17.4 Å². The molecule has 6 heteroatoms. The van der Waals surface area contributed by atoms with Gasteiger partial charge < -0.3 is 10.0 Å². The first kappa shape index (κ1) is 15.3. The molecule has 1 heterocycles. The Morgan fingerprint density at radius 1 is 1.35 bits per heavy atom. The third kappa shape index (κ3) is 3.52. The molecule has 0 aliphatic heterocycles. The van der Waals surface area contributed by atoms with Gasteiger partial charge in [-0.25, -0.2) is 0 Å². The van der Waals surface area contributed by atoms with Crippen LogP contribution in [-0.2, 0) is 6.54 Å². The van der Waals surface area contributed by atoms with Gasteiger partial charge in [0.05, 0.1) is 23.5 Å². The smallest absolute Gasteiger partial charge is 0.122 e. The Kier molecular flexibility index (Phi) is 5.05. The number of hydrogen-bond donors (Lipinski definition) is 1. The van der Waals surface area contributed by atoms with Crippen molar-refractivity contribution in [1.29, 1.82) is 0 Å². The minimum Gasteiger partial charge on any atom is -0.382 e. The molecule has 108 valence electrons. The first-order valence-electron chi connectivity index (χ1n) is 6.28. The summed E-state index contributed by atoms with van der Waals surface area (Å²) in [7, 11) is 3.97. The van der Waals surface area contributed by atoms with Gasteiger partial charge in [0, 0.05) is 11.6 Å². The van der Waals surface area contributed by atoms with Crippen molar-refractivity contribution in [2.45, 2.75) is 12.6 Å². The molecule has 2 aromatic rings. The lowest BCUT2D eigenvalue weighted by Gasteiger charge is -2.16. The number of aliphatic hydroxyl groups excluding tert-OH is 1. The first-order chi connectivity index (χ1) is 9.49. The quantitative estimate of drug-likeness (QED) is 0.923. The molecule has 2 rings (SSSR count). The molecule has 0 bridgehead atoms. The number of benzene rings is 1. The zero-order chi connectivity index (χ0) is 14.7. The van der Waals surface area contributed by atoms with Crippen LogP contribution >= 0.6 is 23.2 Å². The van der Waals surface area contributed by atoms with Gasteiger partial charge in [0.15, 0.2) is 0 Å². The Balaban J connectivity index is 2.29. The Hall–Kier alpha value is -1.07. The van der Waals surface area contributed by atoms with E-state index in [4.69, 9.17) is 23.2 Å². The molecule has 1 unspecified atom stereocenters. The number of aliphatic hydroxyl groups is 1. The Labute approximate surface area is 128 Å². The maximum absolute atomic E-state index is 10.5. The molecular weight excluding hydrogens is 297 g/mol. The number of hydrogen-bond acceptors (Lipinski definition) is 3. The van der Waals surface area contributed by atoms with Crippen molar-refractivity contribution in [3.8, 4) is 0 Å². The summed E-state index contributed by atoms with van der Waals surface area (Å²) in [5.74, 6) is 0. The molecular formula is C14H17Cl2N3O. The van der Waals surface area contributed by atoms with E-state index < -0.39 is 6.10 Å². The molecule has 1 aromatic heterocycles. The zero-order valence-electron chi connectivity index (χ0n) is 11.4. The summed E-state index contributed by atoms with van der Waals surface area (Å²) in [5.41, 5.74) is 1.29.